The number of halogens is 3. The van der Waals surface area contributed by atoms with Crippen LogP contribution < -0.4 is 5.32 Å². The maximum Gasteiger partial charge on any atom is 0.246 e. The van der Waals surface area contributed by atoms with Crippen molar-refractivity contribution in [2.24, 2.45) is 0 Å². The van der Waals surface area contributed by atoms with Gasteiger partial charge in [-0.05, 0) is 44.5 Å². The van der Waals surface area contributed by atoms with Gasteiger partial charge in [0, 0.05) is 12.6 Å². The van der Waals surface area contributed by atoms with Crippen molar-refractivity contribution in [3.05, 3.63) is 28.0 Å². The van der Waals surface area contributed by atoms with E-state index in [2.05, 4.69) is 5.32 Å². The second-order valence-electron chi connectivity index (χ2n) is 5.30. The van der Waals surface area contributed by atoms with Gasteiger partial charge in [0.1, 0.15) is 10.7 Å². The highest BCUT2D eigenvalue weighted by Crippen LogP contribution is 2.34. The molecule has 0 aliphatic carbocycles. The Balaban J connectivity index is 2.45. The van der Waals surface area contributed by atoms with Gasteiger partial charge in [0.05, 0.1) is 10.0 Å². The molecule has 124 valence electrons. The first-order valence-electron chi connectivity index (χ1n) is 7.25. The zero-order valence-electron chi connectivity index (χ0n) is 12.3. The lowest BCUT2D eigenvalue weighted by Gasteiger charge is -2.34. The van der Waals surface area contributed by atoms with Crippen LogP contribution >= 0.6 is 23.2 Å². The smallest absolute Gasteiger partial charge is 0.246 e. The summed E-state index contributed by atoms with van der Waals surface area (Å²) in [6.45, 7) is 3.84. The number of hydrogen-bond donors (Lipinski definition) is 1. The quantitative estimate of drug-likeness (QED) is 0.867. The first kappa shape index (κ1) is 17.9. The van der Waals surface area contributed by atoms with Crippen LogP contribution in [0.2, 0.25) is 10.0 Å². The fraction of sp³-hybridized carbons (Fsp3) is 0.571. The molecule has 0 aromatic heterocycles. The predicted molar refractivity (Wildman–Crippen MR) is 86.5 cm³/mol. The minimum atomic E-state index is -3.87. The minimum absolute atomic E-state index is 0.0941. The lowest BCUT2D eigenvalue weighted by atomic mass is 10.1. The van der Waals surface area contributed by atoms with Crippen LogP contribution in [0.4, 0.5) is 4.39 Å². The molecule has 0 amide bonds. The minimum Gasteiger partial charge on any atom is -0.317 e. The topological polar surface area (TPSA) is 49.4 Å². The van der Waals surface area contributed by atoms with Gasteiger partial charge in [0.15, 0.2) is 0 Å². The Labute approximate surface area is 140 Å². The number of hydrogen-bond acceptors (Lipinski definition) is 3. The van der Waals surface area contributed by atoms with E-state index >= 15 is 0 Å². The van der Waals surface area contributed by atoms with Gasteiger partial charge in [-0.1, -0.05) is 30.1 Å². The third-order valence-corrected chi connectivity index (χ3v) is 6.56. The van der Waals surface area contributed by atoms with Crippen LogP contribution in [0.5, 0.6) is 0 Å². The van der Waals surface area contributed by atoms with Crippen LogP contribution in [0.1, 0.15) is 26.2 Å². The number of nitrogens with zero attached hydrogens (tertiary/aromatic N) is 1. The predicted octanol–water partition coefficient (Wildman–Crippen LogP) is 3.29. The van der Waals surface area contributed by atoms with Crippen molar-refractivity contribution < 1.29 is 12.8 Å². The summed E-state index contributed by atoms with van der Waals surface area (Å²) in [7, 11) is -3.87. The zero-order valence-corrected chi connectivity index (χ0v) is 14.6. The summed E-state index contributed by atoms with van der Waals surface area (Å²) in [4.78, 5) is -0.204. The molecule has 2 rings (SSSR count). The molecule has 0 bridgehead atoms. The number of sulfonamides is 1. The Kier molecular flexibility index (Phi) is 6.07. The van der Waals surface area contributed by atoms with E-state index in [4.69, 9.17) is 23.2 Å². The van der Waals surface area contributed by atoms with Crippen LogP contribution in [0.15, 0.2) is 17.0 Å². The molecule has 1 aromatic carbocycles. The number of piperidine rings is 1. The van der Waals surface area contributed by atoms with Crippen LogP contribution in [-0.4, -0.2) is 38.4 Å². The van der Waals surface area contributed by atoms with Crippen molar-refractivity contribution in [1.29, 1.82) is 0 Å². The first-order valence-corrected chi connectivity index (χ1v) is 9.44. The monoisotopic (exact) mass is 368 g/mol. The van der Waals surface area contributed by atoms with Crippen LogP contribution in [0, 0.1) is 5.82 Å². The normalized spacial score (nSPS) is 17.1. The van der Waals surface area contributed by atoms with Gasteiger partial charge in [0.2, 0.25) is 10.0 Å². The highest BCUT2D eigenvalue weighted by Gasteiger charge is 2.34. The zero-order chi connectivity index (χ0) is 16.3. The number of nitrogens with one attached hydrogen (secondary N) is 1. The first-order chi connectivity index (χ1) is 10.4. The molecule has 1 heterocycles. The van der Waals surface area contributed by atoms with Crippen molar-refractivity contribution in [3.63, 3.8) is 0 Å². The van der Waals surface area contributed by atoms with E-state index in [9.17, 15) is 12.8 Å². The van der Waals surface area contributed by atoms with E-state index in [0.29, 0.717) is 13.0 Å². The maximum atomic E-state index is 13.3. The molecular formula is C14H19Cl2FN2O2S. The van der Waals surface area contributed by atoms with Gasteiger partial charge < -0.3 is 5.32 Å². The Morgan fingerprint density at radius 3 is 2.32 bits per heavy atom. The molecule has 1 fully saturated rings. The van der Waals surface area contributed by atoms with Gasteiger partial charge in [-0.25, -0.2) is 12.8 Å². The van der Waals surface area contributed by atoms with Crippen molar-refractivity contribution in [1.82, 2.24) is 9.62 Å². The second kappa shape index (κ2) is 7.45. The van der Waals surface area contributed by atoms with Crippen molar-refractivity contribution in [2.45, 2.75) is 37.1 Å². The third-order valence-electron chi connectivity index (χ3n) is 3.69. The molecule has 1 saturated heterocycles. The second-order valence-corrected chi connectivity index (χ2v) is 7.94. The molecule has 1 N–H and O–H groups in total. The summed E-state index contributed by atoms with van der Waals surface area (Å²) >= 11 is 11.9. The molecule has 22 heavy (non-hydrogen) atoms. The van der Waals surface area contributed by atoms with Gasteiger partial charge in [-0.3, -0.25) is 0 Å². The molecular weight excluding hydrogens is 350 g/mol. The molecule has 0 radical (unpaired) electrons. The van der Waals surface area contributed by atoms with Gasteiger partial charge in [-0.15, -0.1) is 0 Å². The highest BCUT2D eigenvalue weighted by molar-refractivity contribution is 7.89. The number of rotatable bonds is 5. The van der Waals surface area contributed by atoms with Crippen LogP contribution in [0.25, 0.3) is 0 Å². The molecule has 0 atom stereocenters. The van der Waals surface area contributed by atoms with Gasteiger partial charge in [-0.2, -0.15) is 4.31 Å². The number of benzene rings is 1. The van der Waals surface area contributed by atoms with E-state index in [1.165, 1.54) is 4.31 Å². The summed E-state index contributed by atoms with van der Waals surface area (Å²) in [5.41, 5.74) is 0. The summed E-state index contributed by atoms with van der Waals surface area (Å²) in [5, 5.41) is 2.85. The van der Waals surface area contributed by atoms with E-state index < -0.39 is 15.8 Å². The summed E-state index contributed by atoms with van der Waals surface area (Å²) in [6.07, 6.45) is 2.14. The fourth-order valence-electron chi connectivity index (χ4n) is 2.71. The van der Waals surface area contributed by atoms with Gasteiger partial charge >= 0.3 is 0 Å². The Morgan fingerprint density at radius 2 is 1.82 bits per heavy atom. The average Bonchev–Trinajstić information content (AvgIpc) is 2.44. The summed E-state index contributed by atoms with van der Waals surface area (Å²) in [6, 6.07) is 1.86. The third kappa shape index (κ3) is 3.74. The maximum absolute atomic E-state index is 13.3. The van der Waals surface area contributed by atoms with Crippen molar-refractivity contribution >= 4 is 33.2 Å². The molecule has 0 saturated carbocycles. The lowest BCUT2D eigenvalue weighted by molar-refractivity contribution is 0.262. The average molecular weight is 369 g/mol. The fourth-order valence-corrected chi connectivity index (χ4v) is 5.62. The van der Waals surface area contributed by atoms with E-state index in [1.807, 2.05) is 6.92 Å². The van der Waals surface area contributed by atoms with Crippen LogP contribution in [-0.2, 0) is 10.0 Å². The van der Waals surface area contributed by atoms with E-state index in [-0.39, 0.29) is 21.0 Å². The van der Waals surface area contributed by atoms with Crippen molar-refractivity contribution in [2.75, 3.05) is 19.6 Å². The Hall–Kier alpha value is -0.400. The lowest BCUT2D eigenvalue weighted by Crippen LogP contribution is -2.46. The summed E-state index contributed by atoms with van der Waals surface area (Å²) in [5.74, 6) is -0.655. The van der Waals surface area contributed by atoms with Gasteiger partial charge in [0.25, 0.3) is 0 Å². The van der Waals surface area contributed by atoms with E-state index in [1.54, 1.807) is 0 Å². The molecule has 1 aliphatic heterocycles. The Morgan fingerprint density at radius 1 is 1.27 bits per heavy atom. The highest BCUT2D eigenvalue weighted by atomic mass is 35.5. The Bertz CT molecular complexity index is 611. The molecule has 0 spiro atoms. The molecule has 1 aliphatic rings. The molecule has 8 heteroatoms. The SMILES string of the molecule is CCCN(C1CCNCC1)S(=O)(=O)c1c(Cl)cc(F)cc1Cl. The molecule has 4 nitrogen and oxygen atoms in total. The summed E-state index contributed by atoms with van der Waals surface area (Å²) < 4.78 is 40.7. The van der Waals surface area contributed by atoms with Crippen molar-refractivity contribution in [3.8, 4) is 0 Å². The molecule has 0 unspecified atom stereocenters. The standard InChI is InChI=1S/C14H19Cl2FN2O2S/c1-2-7-19(11-3-5-18-6-4-11)22(20,21)14-12(15)8-10(17)9-13(14)16/h8-9,11,18H,2-7H2,1H3. The van der Waals surface area contributed by atoms with E-state index in [0.717, 1.165) is 38.1 Å². The largest absolute Gasteiger partial charge is 0.317 e. The molecule has 1 aromatic rings. The van der Waals surface area contributed by atoms with Crippen LogP contribution in [0.3, 0.4) is 0 Å².